The number of hydrazone groups is 1. The Morgan fingerprint density at radius 1 is 0.917 bits per heavy atom. The lowest BCUT2D eigenvalue weighted by atomic mass is 10.1. The van der Waals surface area contributed by atoms with E-state index in [-0.39, 0.29) is 0 Å². The van der Waals surface area contributed by atoms with Crippen LogP contribution >= 0.6 is 0 Å². The Morgan fingerprint density at radius 2 is 1.53 bits per heavy atom. The van der Waals surface area contributed by atoms with Crippen LogP contribution in [0.3, 0.4) is 0 Å². The molecule has 0 aliphatic heterocycles. The third-order valence-corrected chi connectivity index (χ3v) is 6.54. The van der Waals surface area contributed by atoms with Gasteiger partial charge in [0.05, 0.1) is 31.9 Å². The molecular formula is C26H29N3O6S. The number of nitrogens with one attached hydrogen (secondary N) is 1. The number of hydrogen-bond donors (Lipinski definition) is 1. The van der Waals surface area contributed by atoms with Gasteiger partial charge in [-0.3, -0.25) is 9.10 Å². The number of benzene rings is 3. The number of nitrogens with zero attached hydrogens (tertiary/aromatic N) is 2. The van der Waals surface area contributed by atoms with Crippen LogP contribution in [-0.4, -0.2) is 46.6 Å². The van der Waals surface area contributed by atoms with E-state index < -0.39 is 22.0 Å². The van der Waals surface area contributed by atoms with Gasteiger partial charge in [0, 0.05) is 5.56 Å². The van der Waals surface area contributed by atoms with Crippen molar-refractivity contribution in [3.63, 3.8) is 0 Å². The standard InChI is InChI=1S/C26H29N3O6S/c1-18(20-11-16-24(33-3)25(17-20)34-4)27-28-26(30)19(2)29(36(5,31)32)21-12-14-23(15-13-21)35-22-9-7-6-8-10-22/h6-17,19H,1-5H3,(H,28,30)/b27-18-/t19-/m0/s1. The van der Waals surface area contributed by atoms with Gasteiger partial charge >= 0.3 is 0 Å². The van der Waals surface area contributed by atoms with Gasteiger partial charge < -0.3 is 14.2 Å². The third-order valence-electron chi connectivity index (χ3n) is 5.29. The van der Waals surface area contributed by atoms with Crippen LogP contribution in [0, 0.1) is 0 Å². The Kier molecular flexibility index (Phi) is 8.55. The molecule has 0 radical (unpaired) electrons. The van der Waals surface area contributed by atoms with Crippen LogP contribution in [-0.2, 0) is 14.8 Å². The van der Waals surface area contributed by atoms with Crippen LogP contribution in [0.1, 0.15) is 19.4 Å². The molecule has 0 heterocycles. The summed E-state index contributed by atoms with van der Waals surface area (Å²) in [5, 5.41) is 4.14. The van der Waals surface area contributed by atoms with E-state index in [9.17, 15) is 13.2 Å². The highest BCUT2D eigenvalue weighted by Crippen LogP contribution is 2.28. The zero-order valence-corrected chi connectivity index (χ0v) is 21.6. The van der Waals surface area contributed by atoms with Crippen LogP contribution in [0.25, 0.3) is 0 Å². The van der Waals surface area contributed by atoms with Gasteiger partial charge in [0.25, 0.3) is 5.91 Å². The second kappa shape index (κ2) is 11.6. The topological polar surface area (TPSA) is 107 Å². The molecule has 1 amide bonds. The summed E-state index contributed by atoms with van der Waals surface area (Å²) < 4.78 is 42.5. The number of anilines is 1. The lowest BCUT2D eigenvalue weighted by Gasteiger charge is -2.27. The minimum absolute atomic E-state index is 0.321. The fraction of sp³-hybridized carbons (Fsp3) is 0.231. The van der Waals surface area contributed by atoms with E-state index in [0.29, 0.717) is 40.0 Å². The average molecular weight is 512 g/mol. The van der Waals surface area contributed by atoms with E-state index in [1.54, 1.807) is 49.4 Å². The molecular weight excluding hydrogens is 482 g/mol. The largest absolute Gasteiger partial charge is 0.493 e. The lowest BCUT2D eigenvalue weighted by Crippen LogP contribution is -2.46. The molecule has 190 valence electrons. The van der Waals surface area contributed by atoms with Crippen LogP contribution < -0.4 is 23.9 Å². The quantitative estimate of drug-likeness (QED) is 0.323. The van der Waals surface area contributed by atoms with Crippen LogP contribution in [0.15, 0.2) is 77.9 Å². The van der Waals surface area contributed by atoms with Crippen molar-refractivity contribution < 1.29 is 27.4 Å². The zero-order valence-electron chi connectivity index (χ0n) is 20.8. The molecule has 0 saturated carbocycles. The molecule has 0 saturated heterocycles. The molecule has 3 aromatic rings. The van der Waals surface area contributed by atoms with Gasteiger partial charge in [0.1, 0.15) is 17.5 Å². The number of methoxy groups -OCH3 is 2. The van der Waals surface area contributed by atoms with Gasteiger partial charge in [-0.15, -0.1) is 0 Å². The molecule has 0 aliphatic rings. The summed E-state index contributed by atoms with van der Waals surface area (Å²) in [6.07, 6.45) is 1.04. The summed E-state index contributed by atoms with van der Waals surface area (Å²) in [5.74, 6) is 1.68. The summed E-state index contributed by atoms with van der Waals surface area (Å²) >= 11 is 0. The highest BCUT2D eigenvalue weighted by atomic mass is 32.2. The van der Waals surface area contributed by atoms with Crippen LogP contribution in [0.2, 0.25) is 0 Å². The minimum Gasteiger partial charge on any atom is -0.493 e. The predicted molar refractivity (Wildman–Crippen MR) is 140 cm³/mol. The molecule has 0 spiro atoms. The second-order valence-electron chi connectivity index (χ2n) is 7.89. The van der Waals surface area contributed by atoms with Crippen LogP contribution in [0.5, 0.6) is 23.0 Å². The number of para-hydroxylation sites is 1. The van der Waals surface area contributed by atoms with Crippen LogP contribution in [0.4, 0.5) is 5.69 Å². The molecule has 0 fully saturated rings. The highest BCUT2D eigenvalue weighted by Gasteiger charge is 2.29. The second-order valence-corrected chi connectivity index (χ2v) is 9.75. The molecule has 1 atom stereocenters. The number of rotatable bonds is 10. The Bertz CT molecular complexity index is 1330. The summed E-state index contributed by atoms with van der Waals surface area (Å²) in [6, 6.07) is 19.8. The molecule has 0 bridgehead atoms. The Morgan fingerprint density at radius 3 is 2.11 bits per heavy atom. The smallest absolute Gasteiger partial charge is 0.263 e. The van der Waals surface area contributed by atoms with Crippen molar-refractivity contribution in [2.24, 2.45) is 5.10 Å². The molecule has 0 aromatic heterocycles. The summed E-state index contributed by atoms with van der Waals surface area (Å²) in [7, 11) is -0.724. The summed E-state index contributed by atoms with van der Waals surface area (Å²) in [4.78, 5) is 12.9. The minimum atomic E-state index is -3.79. The Labute approximate surface area is 211 Å². The zero-order chi connectivity index (χ0) is 26.3. The maximum Gasteiger partial charge on any atom is 0.263 e. The van der Waals surface area contributed by atoms with Crippen molar-refractivity contribution in [2.75, 3.05) is 24.8 Å². The Hall–Kier alpha value is -4.05. The number of hydrogen-bond acceptors (Lipinski definition) is 7. The fourth-order valence-electron chi connectivity index (χ4n) is 3.45. The summed E-state index contributed by atoms with van der Waals surface area (Å²) in [6.45, 7) is 3.21. The van der Waals surface area contributed by atoms with Crippen molar-refractivity contribution >= 4 is 27.3 Å². The third kappa shape index (κ3) is 6.54. The van der Waals surface area contributed by atoms with Gasteiger partial charge in [-0.25, -0.2) is 13.8 Å². The van der Waals surface area contributed by atoms with Crippen molar-refractivity contribution in [2.45, 2.75) is 19.9 Å². The predicted octanol–water partition coefficient (Wildman–Crippen LogP) is 4.19. The Balaban J connectivity index is 1.76. The highest BCUT2D eigenvalue weighted by molar-refractivity contribution is 7.92. The average Bonchev–Trinajstić information content (AvgIpc) is 2.87. The maximum atomic E-state index is 12.9. The van der Waals surface area contributed by atoms with Crippen molar-refractivity contribution in [3.8, 4) is 23.0 Å². The molecule has 1 N–H and O–H groups in total. The van der Waals surface area contributed by atoms with E-state index >= 15 is 0 Å². The van der Waals surface area contributed by atoms with Gasteiger partial charge in [-0.2, -0.15) is 5.10 Å². The first-order valence-electron chi connectivity index (χ1n) is 11.0. The molecule has 0 aliphatic carbocycles. The van der Waals surface area contributed by atoms with E-state index in [0.717, 1.165) is 10.6 Å². The maximum absolute atomic E-state index is 12.9. The molecule has 3 aromatic carbocycles. The first-order valence-corrected chi connectivity index (χ1v) is 12.9. The lowest BCUT2D eigenvalue weighted by molar-refractivity contribution is -0.121. The van der Waals surface area contributed by atoms with Crippen molar-refractivity contribution in [3.05, 3.63) is 78.4 Å². The number of carbonyl (C=O) groups is 1. The van der Waals surface area contributed by atoms with E-state index in [1.165, 1.54) is 21.1 Å². The van der Waals surface area contributed by atoms with E-state index in [1.807, 2.05) is 30.3 Å². The number of ether oxygens (including phenoxy) is 3. The van der Waals surface area contributed by atoms with Crippen molar-refractivity contribution in [1.29, 1.82) is 0 Å². The summed E-state index contributed by atoms with van der Waals surface area (Å²) in [5.41, 5.74) is 3.99. The van der Waals surface area contributed by atoms with Gasteiger partial charge in [-0.1, -0.05) is 18.2 Å². The van der Waals surface area contributed by atoms with E-state index in [2.05, 4.69) is 10.5 Å². The number of sulfonamides is 1. The normalized spacial score (nSPS) is 12.4. The molecule has 3 rings (SSSR count). The van der Waals surface area contributed by atoms with Gasteiger partial charge in [0.15, 0.2) is 11.5 Å². The fourth-order valence-corrected chi connectivity index (χ4v) is 4.63. The van der Waals surface area contributed by atoms with Crippen molar-refractivity contribution in [1.82, 2.24) is 5.43 Å². The van der Waals surface area contributed by atoms with Gasteiger partial charge in [0.2, 0.25) is 10.0 Å². The first kappa shape index (κ1) is 26.6. The molecule has 10 heteroatoms. The molecule has 0 unspecified atom stereocenters. The SMILES string of the molecule is COc1ccc(/C(C)=N\NC(=O)[C@H](C)N(c2ccc(Oc3ccccc3)cc2)S(C)(=O)=O)cc1OC. The molecule has 36 heavy (non-hydrogen) atoms. The number of carbonyl (C=O) groups excluding carboxylic acids is 1. The van der Waals surface area contributed by atoms with E-state index in [4.69, 9.17) is 14.2 Å². The number of amides is 1. The van der Waals surface area contributed by atoms with Gasteiger partial charge in [-0.05, 0) is 68.4 Å². The monoisotopic (exact) mass is 511 g/mol. The first-order chi connectivity index (χ1) is 17.1. The molecule has 9 nitrogen and oxygen atoms in total.